The van der Waals surface area contributed by atoms with Crippen molar-refractivity contribution in [3.8, 4) is 0 Å². The first kappa shape index (κ1) is 16.6. The topological polar surface area (TPSA) is 65.0 Å². The number of aliphatic imine (C=N–C) groups is 1. The minimum atomic E-state index is -0.534. The van der Waals surface area contributed by atoms with Crippen molar-refractivity contribution in [3.63, 3.8) is 0 Å². The minimum Gasteiger partial charge on any atom is -0.861 e. The molecule has 0 aromatic heterocycles. The van der Waals surface area contributed by atoms with Gasteiger partial charge in [0.25, 0.3) is 0 Å². The second-order valence-electron chi connectivity index (χ2n) is 5.56. The quantitative estimate of drug-likeness (QED) is 0.548. The molecule has 0 aliphatic carbocycles. The largest absolute Gasteiger partial charge is 0.861 e. The van der Waals surface area contributed by atoms with Crippen molar-refractivity contribution in [2.75, 3.05) is 32.8 Å². The molecule has 1 aromatic rings. The zero-order chi connectivity index (χ0) is 15.8. The molecular weight excluding hydrogens is 280 g/mol. The van der Waals surface area contributed by atoms with Crippen molar-refractivity contribution in [2.24, 2.45) is 4.99 Å². The number of aryl methyl sites for hydroxylation is 1. The maximum absolute atomic E-state index is 12.0. The van der Waals surface area contributed by atoms with Crippen molar-refractivity contribution in [3.05, 3.63) is 35.9 Å². The van der Waals surface area contributed by atoms with E-state index in [0.717, 1.165) is 25.1 Å². The molecule has 0 saturated carbocycles. The van der Waals surface area contributed by atoms with Gasteiger partial charge in [0.2, 0.25) is 0 Å². The summed E-state index contributed by atoms with van der Waals surface area (Å²) < 4.78 is 5.25. The summed E-state index contributed by atoms with van der Waals surface area (Å²) in [5, 5.41) is 12.0. The van der Waals surface area contributed by atoms with Gasteiger partial charge in [-0.3, -0.25) is 14.7 Å². The first-order valence-electron chi connectivity index (χ1n) is 7.73. The first-order valence-corrected chi connectivity index (χ1v) is 7.73. The lowest BCUT2D eigenvalue weighted by atomic mass is 10.0. The maximum Gasteiger partial charge on any atom is 0.154 e. The molecule has 22 heavy (non-hydrogen) atoms. The maximum atomic E-state index is 12.0. The van der Waals surface area contributed by atoms with Crippen molar-refractivity contribution >= 4 is 11.7 Å². The number of nitrogens with zero attached hydrogens (tertiary/aromatic N) is 2. The molecule has 1 aromatic carbocycles. The number of morpholine rings is 1. The molecule has 1 fully saturated rings. The molecule has 1 aliphatic heterocycles. The Kier molecular flexibility index (Phi) is 6.55. The highest BCUT2D eigenvalue weighted by molar-refractivity contribution is 5.85. The van der Waals surface area contributed by atoms with Gasteiger partial charge in [0.1, 0.15) is 6.04 Å². The second kappa shape index (κ2) is 8.66. The average molecular weight is 303 g/mol. The van der Waals surface area contributed by atoms with Gasteiger partial charge in [-0.15, -0.1) is 0 Å². The van der Waals surface area contributed by atoms with Crippen LogP contribution in [0.5, 0.6) is 0 Å². The van der Waals surface area contributed by atoms with Gasteiger partial charge in [-0.1, -0.05) is 30.3 Å². The van der Waals surface area contributed by atoms with Crippen molar-refractivity contribution < 1.29 is 14.6 Å². The van der Waals surface area contributed by atoms with Crippen LogP contribution in [0.2, 0.25) is 0 Å². The fourth-order valence-corrected chi connectivity index (χ4v) is 2.47. The van der Waals surface area contributed by atoms with E-state index in [0.29, 0.717) is 19.6 Å². The lowest BCUT2D eigenvalue weighted by Gasteiger charge is -2.29. The summed E-state index contributed by atoms with van der Waals surface area (Å²) in [4.78, 5) is 17.8. The van der Waals surface area contributed by atoms with Gasteiger partial charge < -0.3 is 9.84 Å². The first-order chi connectivity index (χ1) is 10.6. The number of rotatable bonds is 7. The zero-order valence-corrected chi connectivity index (χ0v) is 13.0. The Hall–Kier alpha value is -1.72. The van der Waals surface area contributed by atoms with Gasteiger partial charge in [-0.05, 0) is 31.2 Å². The van der Waals surface area contributed by atoms with Crippen LogP contribution in [0.3, 0.4) is 0 Å². The van der Waals surface area contributed by atoms with E-state index < -0.39 is 6.04 Å². The molecule has 5 heteroatoms. The standard InChI is InChI=1S/C17H24N2O3/c1-14(20)16(8-7-15-5-3-2-4-6-15)18-17(21)13-19-9-11-22-12-10-19/h2-6,16H,7-13H2,1H3,(H,18,21)/p-1/t16-/m0/s1. The smallest absolute Gasteiger partial charge is 0.154 e. The molecule has 1 aliphatic rings. The van der Waals surface area contributed by atoms with Gasteiger partial charge in [-0.2, -0.15) is 0 Å². The van der Waals surface area contributed by atoms with E-state index >= 15 is 0 Å². The molecule has 0 spiro atoms. The van der Waals surface area contributed by atoms with E-state index in [9.17, 15) is 9.90 Å². The number of hydrogen-bond acceptors (Lipinski definition) is 5. The van der Waals surface area contributed by atoms with E-state index in [2.05, 4.69) is 4.99 Å². The number of benzene rings is 1. The fourth-order valence-electron chi connectivity index (χ4n) is 2.47. The van der Waals surface area contributed by atoms with Crippen molar-refractivity contribution in [1.82, 2.24) is 4.90 Å². The zero-order valence-electron chi connectivity index (χ0n) is 13.0. The molecule has 5 nitrogen and oxygen atoms in total. The van der Waals surface area contributed by atoms with Crippen LogP contribution in [0.25, 0.3) is 0 Å². The van der Waals surface area contributed by atoms with Crippen LogP contribution < -0.4 is 5.11 Å². The third-order valence-corrected chi connectivity index (χ3v) is 3.78. The molecule has 1 heterocycles. The van der Waals surface area contributed by atoms with E-state index in [1.165, 1.54) is 6.92 Å². The fraction of sp³-hybridized carbons (Fsp3) is 0.529. The number of carbonyl (C=O) groups is 1. The third-order valence-electron chi connectivity index (χ3n) is 3.78. The molecule has 120 valence electrons. The summed E-state index contributed by atoms with van der Waals surface area (Å²) in [5.74, 6) is -0.263. The Morgan fingerprint density at radius 3 is 2.64 bits per heavy atom. The predicted molar refractivity (Wildman–Crippen MR) is 83.9 cm³/mol. The number of Topliss-reactive ketones (excluding diaryl/α,β-unsaturated/α-hetero) is 1. The molecule has 1 saturated heterocycles. The summed E-state index contributed by atoms with van der Waals surface area (Å²) in [7, 11) is 0. The van der Waals surface area contributed by atoms with Crippen molar-refractivity contribution in [1.29, 1.82) is 0 Å². The van der Waals surface area contributed by atoms with E-state index in [1.54, 1.807) is 0 Å². The van der Waals surface area contributed by atoms with Gasteiger partial charge in [0.15, 0.2) is 5.78 Å². The van der Waals surface area contributed by atoms with Gasteiger partial charge in [0.05, 0.1) is 13.2 Å². The summed E-state index contributed by atoms with van der Waals surface area (Å²) in [6, 6.07) is 9.41. The highest BCUT2D eigenvalue weighted by Crippen LogP contribution is 2.09. The Morgan fingerprint density at radius 2 is 2.00 bits per heavy atom. The third kappa shape index (κ3) is 5.58. The minimum absolute atomic E-state index is 0.0498. The molecule has 0 radical (unpaired) electrons. The van der Waals surface area contributed by atoms with Crippen LogP contribution in [-0.2, 0) is 16.0 Å². The highest BCUT2D eigenvalue weighted by atomic mass is 16.5. The monoisotopic (exact) mass is 303 g/mol. The number of ether oxygens (including phenoxy) is 1. The average Bonchev–Trinajstić information content (AvgIpc) is 2.53. The lowest BCUT2D eigenvalue weighted by molar-refractivity contribution is -0.221. The van der Waals surface area contributed by atoms with Crippen LogP contribution in [0.15, 0.2) is 35.3 Å². The summed E-state index contributed by atoms with van der Waals surface area (Å²) in [6.07, 6.45) is 1.33. The van der Waals surface area contributed by atoms with Crippen molar-refractivity contribution in [2.45, 2.75) is 25.8 Å². The van der Waals surface area contributed by atoms with Crippen LogP contribution in [0.4, 0.5) is 0 Å². The Balaban J connectivity index is 1.89. The molecule has 0 N–H and O–H groups in total. The van der Waals surface area contributed by atoms with Gasteiger partial charge >= 0.3 is 0 Å². The molecule has 0 bridgehead atoms. The van der Waals surface area contributed by atoms with Crippen LogP contribution >= 0.6 is 0 Å². The van der Waals surface area contributed by atoms with Crippen LogP contribution in [-0.4, -0.2) is 55.5 Å². The molecule has 0 unspecified atom stereocenters. The lowest BCUT2D eigenvalue weighted by Crippen LogP contribution is -2.43. The summed E-state index contributed by atoms with van der Waals surface area (Å²) >= 11 is 0. The molecular formula is C17H23N2O3-. The molecule has 1 atom stereocenters. The number of hydrogen-bond donors (Lipinski definition) is 0. The number of ketones is 1. The van der Waals surface area contributed by atoms with Crippen LogP contribution in [0, 0.1) is 0 Å². The van der Waals surface area contributed by atoms with E-state index in [-0.39, 0.29) is 18.2 Å². The Bertz CT molecular complexity index is 496. The normalized spacial score (nSPS) is 18.1. The Labute approximate surface area is 131 Å². The SMILES string of the molecule is CC(=O)[C@H](CCc1ccccc1)N=C([O-])CN1CCOCC1. The van der Waals surface area contributed by atoms with Crippen LogP contribution in [0.1, 0.15) is 18.9 Å². The Morgan fingerprint density at radius 1 is 1.32 bits per heavy atom. The van der Waals surface area contributed by atoms with E-state index in [4.69, 9.17) is 4.74 Å². The molecule has 2 rings (SSSR count). The van der Waals surface area contributed by atoms with E-state index in [1.807, 2.05) is 35.2 Å². The second-order valence-corrected chi connectivity index (χ2v) is 5.56. The summed E-state index contributed by atoms with van der Waals surface area (Å²) in [6.45, 7) is 4.57. The van der Waals surface area contributed by atoms with Gasteiger partial charge in [-0.25, -0.2) is 0 Å². The molecule has 0 amide bonds. The predicted octanol–water partition coefficient (Wildman–Crippen LogP) is 0.668. The number of carbonyl (C=O) groups excluding carboxylic acids is 1. The highest BCUT2D eigenvalue weighted by Gasteiger charge is 2.14. The van der Waals surface area contributed by atoms with Gasteiger partial charge in [0, 0.05) is 19.6 Å². The summed E-state index contributed by atoms with van der Waals surface area (Å²) in [5.41, 5.74) is 1.16.